The Kier molecular flexibility index (Phi) is 2.70. The third-order valence-electron chi connectivity index (χ3n) is 6.69. The van der Waals surface area contributed by atoms with Gasteiger partial charge < -0.3 is 4.90 Å². The molecule has 0 N–H and O–H groups in total. The molecule has 0 atom stereocenters. The zero-order valence-electron chi connectivity index (χ0n) is 15.6. The molecule has 0 spiro atoms. The lowest BCUT2D eigenvalue weighted by atomic mass is 9.84. The van der Waals surface area contributed by atoms with Gasteiger partial charge >= 0.3 is 0 Å². The van der Waals surface area contributed by atoms with Crippen LogP contribution >= 0.6 is 0 Å². The van der Waals surface area contributed by atoms with Gasteiger partial charge in [0.1, 0.15) is 0 Å². The van der Waals surface area contributed by atoms with E-state index in [0.717, 1.165) is 19.3 Å². The van der Waals surface area contributed by atoms with Crippen LogP contribution in [0, 0.1) is 0 Å². The second kappa shape index (κ2) is 5.14. The Morgan fingerprint density at radius 3 is 2.04 bits per heavy atom. The number of nitrogens with zero attached hydrogens (tertiary/aromatic N) is 1. The fourth-order valence-corrected chi connectivity index (χ4v) is 5.52. The molecule has 0 radical (unpaired) electrons. The summed E-state index contributed by atoms with van der Waals surface area (Å²) in [6.07, 6.45) is 3.09. The molecular formula is C27H19N. The molecule has 0 aromatic heterocycles. The highest BCUT2D eigenvalue weighted by atomic mass is 15.2. The molecule has 2 aliphatic heterocycles. The summed E-state index contributed by atoms with van der Waals surface area (Å²) >= 11 is 0. The maximum Gasteiger partial charge on any atom is 0.0538 e. The van der Waals surface area contributed by atoms with Crippen molar-refractivity contribution in [3.05, 3.63) is 112 Å². The van der Waals surface area contributed by atoms with Gasteiger partial charge in [0.25, 0.3) is 0 Å². The average molecular weight is 357 g/mol. The summed E-state index contributed by atoms with van der Waals surface area (Å²) in [5.74, 6) is 0. The molecule has 0 fully saturated rings. The quantitative estimate of drug-likeness (QED) is 0.298. The molecule has 2 heterocycles. The van der Waals surface area contributed by atoms with Crippen molar-refractivity contribution in [2.45, 2.75) is 19.3 Å². The van der Waals surface area contributed by atoms with Gasteiger partial charge in [-0.15, -0.1) is 0 Å². The van der Waals surface area contributed by atoms with Gasteiger partial charge in [-0.2, -0.15) is 0 Å². The van der Waals surface area contributed by atoms with E-state index < -0.39 is 0 Å². The summed E-state index contributed by atoms with van der Waals surface area (Å²) in [6, 6.07) is 29.4. The molecule has 0 amide bonds. The minimum absolute atomic E-state index is 1.03. The second-order valence-electron chi connectivity index (χ2n) is 8.18. The van der Waals surface area contributed by atoms with Gasteiger partial charge in [0.2, 0.25) is 0 Å². The van der Waals surface area contributed by atoms with Crippen LogP contribution in [0.15, 0.2) is 78.9 Å². The van der Waals surface area contributed by atoms with Crippen LogP contribution in [0.4, 0.5) is 17.1 Å². The highest BCUT2D eigenvalue weighted by Crippen LogP contribution is 2.54. The molecule has 7 rings (SSSR count). The van der Waals surface area contributed by atoms with Gasteiger partial charge in [0.05, 0.1) is 11.4 Å². The zero-order chi connectivity index (χ0) is 18.2. The van der Waals surface area contributed by atoms with Crippen molar-refractivity contribution in [1.82, 2.24) is 0 Å². The lowest BCUT2D eigenvalue weighted by Crippen LogP contribution is -2.25. The van der Waals surface area contributed by atoms with E-state index in [0.29, 0.717) is 0 Å². The fraction of sp³-hybridized carbons (Fsp3) is 0.111. The summed E-state index contributed by atoms with van der Waals surface area (Å²) in [5.41, 5.74) is 15.8. The molecule has 3 aliphatic rings. The molecule has 1 heteroatoms. The van der Waals surface area contributed by atoms with Crippen molar-refractivity contribution >= 4 is 17.1 Å². The van der Waals surface area contributed by atoms with Gasteiger partial charge in [0, 0.05) is 24.9 Å². The Morgan fingerprint density at radius 1 is 0.464 bits per heavy atom. The number of anilines is 3. The van der Waals surface area contributed by atoms with E-state index in [2.05, 4.69) is 83.8 Å². The van der Waals surface area contributed by atoms with Crippen LogP contribution in [0.5, 0.6) is 0 Å². The number of hydrogen-bond acceptors (Lipinski definition) is 1. The summed E-state index contributed by atoms with van der Waals surface area (Å²) in [4.78, 5) is 2.58. The highest BCUT2D eigenvalue weighted by Gasteiger charge is 2.35. The van der Waals surface area contributed by atoms with Crippen LogP contribution < -0.4 is 4.90 Å². The van der Waals surface area contributed by atoms with Crippen LogP contribution in [0.2, 0.25) is 0 Å². The number of fused-ring (bicyclic) bond motifs is 8. The molecule has 0 saturated heterocycles. The van der Waals surface area contributed by atoms with Gasteiger partial charge in [0.15, 0.2) is 0 Å². The van der Waals surface area contributed by atoms with Gasteiger partial charge in [-0.1, -0.05) is 72.8 Å². The van der Waals surface area contributed by atoms with Gasteiger partial charge in [-0.3, -0.25) is 0 Å². The summed E-state index contributed by atoms with van der Waals surface area (Å²) in [7, 11) is 0. The Bertz CT molecular complexity index is 1280. The monoisotopic (exact) mass is 357 g/mol. The van der Waals surface area contributed by atoms with E-state index in [1.54, 1.807) is 0 Å². The van der Waals surface area contributed by atoms with Crippen molar-refractivity contribution in [1.29, 1.82) is 0 Å². The van der Waals surface area contributed by atoms with E-state index in [1.165, 1.54) is 61.6 Å². The Balaban J connectivity index is 1.56. The molecule has 4 aromatic carbocycles. The zero-order valence-corrected chi connectivity index (χ0v) is 15.6. The molecule has 1 nitrogen and oxygen atoms in total. The second-order valence-corrected chi connectivity index (χ2v) is 8.18. The van der Waals surface area contributed by atoms with Crippen LogP contribution in [-0.4, -0.2) is 0 Å². The largest absolute Gasteiger partial charge is 0.309 e. The lowest BCUT2D eigenvalue weighted by molar-refractivity contribution is 1.00. The number of para-hydroxylation sites is 2. The first kappa shape index (κ1) is 14.7. The van der Waals surface area contributed by atoms with E-state index >= 15 is 0 Å². The van der Waals surface area contributed by atoms with E-state index in [-0.39, 0.29) is 0 Å². The number of rotatable bonds is 0. The van der Waals surface area contributed by atoms with Crippen LogP contribution in [0.25, 0.3) is 11.1 Å². The first-order chi connectivity index (χ1) is 13.9. The molecule has 132 valence electrons. The average Bonchev–Trinajstić information content (AvgIpc) is 3.12. The molecule has 0 bridgehead atoms. The normalized spacial score (nSPS) is 14.6. The number of benzene rings is 4. The third-order valence-corrected chi connectivity index (χ3v) is 6.69. The van der Waals surface area contributed by atoms with E-state index in [9.17, 15) is 0 Å². The molecule has 0 saturated carbocycles. The fourth-order valence-electron chi connectivity index (χ4n) is 5.52. The number of hydrogen-bond donors (Lipinski definition) is 0. The molecule has 4 aromatic rings. The SMILES string of the molecule is c1ccc2c(c1)Cc1c-2ccc2c1N1c3ccccc3Cc3cccc(c31)C2. The first-order valence-corrected chi connectivity index (χ1v) is 10.1. The lowest BCUT2D eigenvalue weighted by Gasteiger charge is -2.40. The molecule has 0 unspecified atom stereocenters. The Labute approximate surface area is 164 Å². The van der Waals surface area contributed by atoms with Crippen molar-refractivity contribution in [2.24, 2.45) is 0 Å². The van der Waals surface area contributed by atoms with Gasteiger partial charge in [-0.05, 0) is 50.6 Å². The minimum atomic E-state index is 1.03. The Hall–Kier alpha value is -3.32. The Morgan fingerprint density at radius 2 is 1.14 bits per heavy atom. The molecule has 1 aliphatic carbocycles. The molecular weight excluding hydrogens is 338 g/mol. The van der Waals surface area contributed by atoms with Crippen molar-refractivity contribution in [2.75, 3.05) is 4.90 Å². The summed E-state index contributed by atoms with van der Waals surface area (Å²) in [6.45, 7) is 0. The van der Waals surface area contributed by atoms with Crippen molar-refractivity contribution < 1.29 is 0 Å². The highest BCUT2D eigenvalue weighted by molar-refractivity contribution is 5.94. The molecule has 28 heavy (non-hydrogen) atoms. The first-order valence-electron chi connectivity index (χ1n) is 10.1. The van der Waals surface area contributed by atoms with E-state index in [4.69, 9.17) is 0 Å². The van der Waals surface area contributed by atoms with Crippen LogP contribution in [0.3, 0.4) is 0 Å². The third kappa shape index (κ3) is 1.77. The van der Waals surface area contributed by atoms with Gasteiger partial charge in [-0.25, -0.2) is 0 Å². The predicted octanol–water partition coefficient (Wildman–Crippen LogP) is 6.54. The maximum atomic E-state index is 2.58. The van der Waals surface area contributed by atoms with Crippen molar-refractivity contribution in [3.63, 3.8) is 0 Å². The summed E-state index contributed by atoms with van der Waals surface area (Å²) < 4.78 is 0. The summed E-state index contributed by atoms with van der Waals surface area (Å²) in [5, 5.41) is 0. The van der Waals surface area contributed by atoms with E-state index in [1.807, 2.05) is 0 Å². The minimum Gasteiger partial charge on any atom is -0.309 e. The standard InChI is InChI=1S/C27H19N/c1-3-10-22-17(6-1)16-24-23(22)13-12-21-15-20-9-5-8-19-14-18-7-2-4-11-25(18)28(26(19)20)27(21)24/h1-13H,14-16H2. The topological polar surface area (TPSA) is 3.24 Å². The van der Waals surface area contributed by atoms with Crippen molar-refractivity contribution in [3.8, 4) is 11.1 Å². The maximum absolute atomic E-state index is 2.58. The smallest absolute Gasteiger partial charge is 0.0538 e. The van der Waals surface area contributed by atoms with Crippen LogP contribution in [0.1, 0.15) is 33.4 Å². The van der Waals surface area contributed by atoms with Crippen LogP contribution in [-0.2, 0) is 19.3 Å². The predicted molar refractivity (Wildman–Crippen MR) is 115 cm³/mol.